The number of rotatable bonds is 5. The van der Waals surface area contributed by atoms with Crippen molar-refractivity contribution in [2.75, 3.05) is 5.32 Å². The smallest absolute Gasteiger partial charge is 0.275 e. The summed E-state index contributed by atoms with van der Waals surface area (Å²) in [6.07, 6.45) is 6.55. The van der Waals surface area contributed by atoms with Crippen LogP contribution in [0.3, 0.4) is 0 Å². The van der Waals surface area contributed by atoms with Gasteiger partial charge in [0.1, 0.15) is 12.3 Å². The van der Waals surface area contributed by atoms with E-state index in [1.54, 1.807) is 30.5 Å². The predicted molar refractivity (Wildman–Crippen MR) is 104 cm³/mol. The van der Waals surface area contributed by atoms with Gasteiger partial charge in [-0.15, -0.1) is 0 Å². The first-order valence-electron chi connectivity index (χ1n) is 9.20. The van der Waals surface area contributed by atoms with Crippen molar-refractivity contribution < 1.29 is 9.53 Å². The summed E-state index contributed by atoms with van der Waals surface area (Å²) in [5, 5.41) is 8.19. The van der Waals surface area contributed by atoms with E-state index in [-0.39, 0.29) is 18.0 Å². The maximum Gasteiger partial charge on any atom is 0.275 e. The Morgan fingerprint density at radius 3 is 2.63 bits per heavy atom. The highest BCUT2D eigenvalue weighted by Crippen LogP contribution is 2.25. The molecule has 1 aliphatic carbocycles. The van der Waals surface area contributed by atoms with Crippen LogP contribution in [0.4, 0.5) is 5.69 Å². The summed E-state index contributed by atoms with van der Waals surface area (Å²) >= 11 is 0. The first-order chi connectivity index (χ1) is 13.2. The lowest BCUT2D eigenvalue weighted by Crippen LogP contribution is -2.29. The van der Waals surface area contributed by atoms with Crippen molar-refractivity contribution in [3.63, 3.8) is 0 Å². The van der Waals surface area contributed by atoms with Crippen LogP contribution >= 0.6 is 0 Å². The number of aromatic nitrogens is 2. The Kier molecular flexibility index (Phi) is 4.87. The fourth-order valence-corrected chi connectivity index (χ4v) is 3.39. The Balaban J connectivity index is 1.40. The van der Waals surface area contributed by atoms with Gasteiger partial charge in [-0.05, 0) is 56.0 Å². The van der Waals surface area contributed by atoms with Crippen molar-refractivity contribution in [3.05, 3.63) is 65.1 Å². The second-order valence-corrected chi connectivity index (χ2v) is 6.79. The van der Waals surface area contributed by atoms with Crippen LogP contribution in [-0.2, 0) is 11.3 Å². The van der Waals surface area contributed by atoms with Gasteiger partial charge in [0.05, 0.1) is 17.7 Å². The molecular formula is C21H21N3O3. The standard InChI is InChI=1S/C21H21N3O3/c25-20(14-24-21(26)19-8-4-1-5-15(19)13-22-24)23-16-9-11-18(12-10-16)27-17-6-2-3-7-17/h1,4-5,8-13,17H,2-3,6-7,14H2,(H,23,25). The Bertz CT molecular complexity index is 1010. The molecule has 138 valence electrons. The molecule has 1 saturated carbocycles. The Morgan fingerprint density at radius 2 is 1.85 bits per heavy atom. The highest BCUT2D eigenvalue weighted by Gasteiger charge is 2.16. The first-order valence-corrected chi connectivity index (χ1v) is 9.20. The van der Waals surface area contributed by atoms with Gasteiger partial charge in [-0.1, -0.05) is 18.2 Å². The van der Waals surface area contributed by atoms with E-state index in [4.69, 9.17) is 4.74 Å². The Labute approximate surface area is 156 Å². The summed E-state index contributed by atoms with van der Waals surface area (Å²) < 4.78 is 7.10. The minimum Gasteiger partial charge on any atom is -0.490 e. The van der Waals surface area contributed by atoms with Crippen LogP contribution in [-0.4, -0.2) is 21.8 Å². The highest BCUT2D eigenvalue weighted by atomic mass is 16.5. The zero-order valence-electron chi connectivity index (χ0n) is 14.9. The molecule has 4 rings (SSSR count). The second kappa shape index (κ2) is 7.61. The van der Waals surface area contributed by atoms with Gasteiger partial charge in [0, 0.05) is 11.1 Å². The largest absolute Gasteiger partial charge is 0.490 e. The number of nitrogens with one attached hydrogen (secondary N) is 1. The second-order valence-electron chi connectivity index (χ2n) is 6.79. The van der Waals surface area contributed by atoms with Crippen molar-refractivity contribution >= 4 is 22.4 Å². The third kappa shape index (κ3) is 4.00. The maximum atomic E-state index is 12.4. The van der Waals surface area contributed by atoms with Gasteiger partial charge >= 0.3 is 0 Å². The zero-order valence-corrected chi connectivity index (χ0v) is 14.9. The van der Waals surface area contributed by atoms with Crippen LogP contribution in [0.2, 0.25) is 0 Å². The average Bonchev–Trinajstić information content (AvgIpc) is 3.19. The summed E-state index contributed by atoms with van der Waals surface area (Å²) in [6.45, 7) is -0.135. The number of hydrogen-bond donors (Lipinski definition) is 1. The number of hydrogen-bond acceptors (Lipinski definition) is 4. The number of anilines is 1. The van der Waals surface area contributed by atoms with E-state index in [9.17, 15) is 9.59 Å². The number of benzene rings is 2. The number of carbonyl (C=O) groups excluding carboxylic acids is 1. The van der Waals surface area contributed by atoms with E-state index < -0.39 is 0 Å². The number of nitrogens with zero attached hydrogens (tertiary/aromatic N) is 2. The van der Waals surface area contributed by atoms with Crippen molar-refractivity contribution in [1.82, 2.24) is 9.78 Å². The molecule has 3 aromatic rings. The summed E-state index contributed by atoms with van der Waals surface area (Å²) in [4.78, 5) is 24.7. The number of carbonyl (C=O) groups is 1. The molecule has 0 unspecified atom stereocenters. The van der Waals surface area contributed by atoms with Crippen LogP contribution in [0.15, 0.2) is 59.5 Å². The molecule has 1 N–H and O–H groups in total. The Hall–Kier alpha value is -3.15. The molecule has 27 heavy (non-hydrogen) atoms. The van der Waals surface area contributed by atoms with Crippen LogP contribution in [0, 0.1) is 0 Å². The van der Waals surface area contributed by atoms with Gasteiger partial charge < -0.3 is 10.1 Å². The van der Waals surface area contributed by atoms with Crippen molar-refractivity contribution in [2.24, 2.45) is 0 Å². The van der Waals surface area contributed by atoms with E-state index in [0.717, 1.165) is 24.0 Å². The van der Waals surface area contributed by atoms with Crippen LogP contribution in [0.25, 0.3) is 10.8 Å². The third-order valence-corrected chi connectivity index (χ3v) is 4.80. The summed E-state index contributed by atoms with van der Waals surface area (Å²) in [5.74, 6) is 0.511. The van der Waals surface area contributed by atoms with Crippen molar-refractivity contribution in [1.29, 1.82) is 0 Å². The molecule has 0 atom stereocenters. The van der Waals surface area contributed by atoms with Crippen LogP contribution in [0.5, 0.6) is 5.75 Å². The SMILES string of the molecule is O=C(Cn1ncc2ccccc2c1=O)Nc1ccc(OC2CCCC2)cc1. The first kappa shape index (κ1) is 17.3. The number of fused-ring (bicyclic) bond motifs is 1. The fraction of sp³-hybridized carbons (Fsp3) is 0.286. The lowest BCUT2D eigenvalue weighted by molar-refractivity contribution is -0.117. The Morgan fingerprint density at radius 1 is 1.11 bits per heavy atom. The minimum absolute atomic E-state index is 0.135. The fourth-order valence-electron chi connectivity index (χ4n) is 3.39. The van der Waals surface area contributed by atoms with Gasteiger partial charge in [0.2, 0.25) is 5.91 Å². The topological polar surface area (TPSA) is 73.2 Å². The molecule has 1 amide bonds. The summed E-state index contributed by atoms with van der Waals surface area (Å²) in [5.41, 5.74) is 0.385. The minimum atomic E-state index is -0.302. The van der Waals surface area contributed by atoms with Gasteiger partial charge in [0.15, 0.2) is 0 Å². The molecule has 0 saturated heterocycles. The van der Waals surface area contributed by atoms with Gasteiger partial charge in [0.25, 0.3) is 5.56 Å². The number of amides is 1. The van der Waals surface area contributed by atoms with E-state index >= 15 is 0 Å². The monoisotopic (exact) mass is 363 g/mol. The van der Waals surface area contributed by atoms with E-state index in [1.807, 2.05) is 24.3 Å². The third-order valence-electron chi connectivity index (χ3n) is 4.80. The highest BCUT2D eigenvalue weighted by molar-refractivity contribution is 5.90. The zero-order chi connectivity index (χ0) is 18.6. The normalized spacial score (nSPS) is 14.4. The molecule has 1 fully saturated rings. The van der Waals surface area contributed by atoms with Gasteiger partial charge in [-0.2, -0.15) is 5.10 Å². The van der Waals surface area contributed by atoms with E-state index in [0.29, 0.717) is 17.2 Å². The summed E-state index contributed by atoms with van der Waals surface area (Å²) in [6, 6.07) is 14.5. The molecule has 1 aliphatic rings. The molecule has 0 bridgehead atoms. The van der Waals surface area contributed by atoms with Crippen molar-refractivity contribution in [3.8, 4) is 5.75 Å². The molecular weight excluding hydrogens is 342 g/mol. The molecule has 6 heteroatoms. The van der Waals surface area contributed by atoms with Crippen molar-refractivity contribution in [2.45, 2.75) is 38.3 Å². The lowest BCUT2D eigenvalue weighted by Gasteiger charge is -2.13. The quantitative estimate of drug-likeness (QED) is 0.754. The van der Waals surface area contributed by atoms with Gasteiger partial charge in [-0.3, -0.25) is 9.59 Å². The van der Waals surface area contributed by atoms with E-state index in [2.05, 4.69) is 10.4 Å². The van der Waals surface area contributed by atoms with Crippen LogP contribution < -0.4 is 15.6 Å². The average molecular weight is 363 g/mol. The molecule has 6 nitrogen and oxygen atoms in total. The molecule has 1 aromatic heterocycles. The number of ether oxygens (including phenoxy) is 1. The molecule has 1 heterocycles. The molecule has 0 spiro atoms. The molecule has 2 aromatic carbocycles. The maximum absolute atomic E-state index is 12.4. The molecule has 0 radical (unpaired) electrons. The van der Waals surface area contributed by atoms with E-state index in [1.165, 1.54) is 17.5 Å². The summed E-state index contributed by atoms with van der Waals surface area (Å²) in [7, 11) is 0. The lowest BCUT2D eigenvalue weighted by atomic mass is 10.2. The molecule has 0 aliphatic heterocycles. The predicted octanol–water partition coefficient (Wildman–Crippen LogP) is 3.36. The van der Waals surface area contributed by atoms with Crippen LogP contribution in [0.1, 0.15) is 25.7 Å². The van der Waals surface area contributed by atoms with Gasteiger partial charge in [-0.25, -0.2) is 4.68 Å².